The van der Waals surface area contributed by atoms with Gasteiger partial charge in [0.2, 0.25) is 0 Å². The molecule has 1 N–H and O–H groups in total. The zero-order chi connectivity index (χ0) is 18.4. The van der Waals surface area contributed by atoms with Crippen molar-refractivity contribution < 1.29 is 0 Å². The summed E-state index contributed by atoms with van der Waals surface area (Å²) in [4.78, 5) is 9.70. The number of nitrogens with one attached hydrogen (secondary N) is 1. The second-order valence-electron chi connectivity index (χ2n) is 6.80. The smallest absolute Gasteiger partial charge is 0.162 e. The van der Waals surface area contributed by atoms with Crippen molar-refractivity contribution in [1.82, 2.24) is 0 Å². The molecule has 5 heteroatoms. The Morgan fingerprint density at radius 2 is 1.59 bits per heavy atom. The molecule has 2 unspecified atom stereocenters. The second-order valence-corrected chi connectivity index (χ2v) is 7.71. The van der Waals surface area contributed by atoms with Gasteiger partial charge in [-0.2, -0.15) is 0 Å². The molecule has 2 heterocycles. The molecular formula is C22H19BrN4. The van der Waals surface area contributed by atoms with E-state index in [-0.39, 0.29) is 12.3 Å². The number of likely N-dealkylation sites (N-methyl/N-ethyl adjacent to an activating group) is 1. The van der Waals surface area contributed by atoms with Gasteiger partial charge in [-0.05, 0) is 36.4 Å². The van der Waals surface area contributed by atoms with Crippen LogP contribution in [-0.2, 0) is 0 Å². The molecule has 0 saturated heterocycles. The van der Waals surface area contributed by atoms with Crippen LogP contribution in [0.4, 0.5) is 17.1 Å². The Kier molecular flexibility index (Phi) is 3.90. The zero-order valence-electron chi connectivity index (χ0n) is 14.9. The Hall–Kier alpha value is -2.79. The number of rotatable bonds is 2. The number of benzene rings is 3. The van der Waals surface area contributed by atoms with E-state index in [1.807, 2.05) is 6.07 Å². The lowest BCUT2D eigenvalue weighted by atomic mass is 10.1. The third-order valence-corrected chi connectivity index (χ3v) is 5.69. The van der Waals surface area contributed by atoms with Crippen LogP contribution in [0.25, 0.3) is 0 Å². The van der Waals surface area contributed by atoms with Crippen molar-refractivity contribution >= 4 is 38.8 Å². The molecular weight excluding hydrogens is 400 g/mol. The lowest BCUT2D eigenvalue weighted by molar-refractivity contribution is 0.578. The molecule has 27 heavy (non-hydrogen) atoms. The van der Waals surface area contributed by atoms with Crippen LogP contribution in [0.5, 0.6) is 0 Å². The molecule has 4 nitrogen and oxygen atoms in total. The quantitative estimate of drug-likeness (QED) is 0.639. The minimum atomic E-state index is -0.00115. The third-order valence-electron chi connectivity index (χ3n) is 5.16. The van der Waals surface area contributed by atoms with Gasteiger partial charge in [-0.15, -0.1) is 0 Å². The van der Waals surface area contributed by atoms with E-state index >= 15 is 0 Å². The topological polar surface area (TPSA) is 30.9 Å². The van der Waals surface area contributed by atoms with Crippen LogP contribution >= 0.6 is 15.9 Å². The number of para-hydroxylation sites is 2. The van der Waals surface area contributed by atoms with Gasteiger partial charge in [-0.3, -0.25) is 0 Å². The van der Waals surface area contributed by atoms with E-state index in [1.165, 1.54) is 5.69 Å². The molecule has 0 radical (unpaired) electrons. The second kappa shape index (κ2) is 6.43. The first-order valence-electron chi connectivity index (χ1n) is 8.99. The highest BCUT2D eigenvalue weighted by Crippen LogP contribution is 2.39. The van der Waals surface area contributed by atoms with Gasteiger partial charge in [-0.1, -0.05) is 58.4 Å². The van der Waals surface area contributed by atoms with Crippen molar-refractivity contribution in [3.8, 4) is 0 Å². The van der Waals surface area contributed by atoms with Crippen LogP contribution in [0.1, 0.15) is 5.56 Å². The van der Waals surface area contributed by atoms with Gasteiger partial charge in [0, 0.05) is 22.8 Å². The molecule has 0 bridgehead atoms. The van der Waals surface area contributed by atoms with E-state index in [1.54, 1.807) is 0 Å². The van der Waals surface area contributed by atoms with Crippen LogP contribution in [-0.4, -0.2) is 25.2 Å². The van der Waals surface area contributed by atoms with E-state index in [0.29, 0.717) is 0 Å². The fourth-order valence-electron chi connectivity index (χ4n) is 3.85. The van der Waals surface area contributed by atoms with Crippen LogP contribution in [0.15, 0.2) is 88.3 Å². The maximum Gasteiger partial charge on any atom is 0.162 e. The normalized spacial score (nSPS) is 20.6. The summed E-state index contributed by atoms with van der Waals surface area (Å²) in [6.45, 7) is 0. The summed E-state index contributed by atoms with van der Waals surface area (Å²) in [6.07, 6.45) is 0.0278. The molecule has 5 rings (SSSR count). The fourth-order valence-corrected chi connectivity index (χ4v) is 4.12. The molecule has 2 aliphatic rings. The van der Waals surface area contributed by atoms with Crippen LogP contribution in [0.2, 0.25) is 0 Å². The van der Waals surface area contributed by atoms with Gasteiger partial charge in [-0.25, -0.2) is 4.99 Å². The summed E-state index contributed by atoms with van der Waals surface area (Å²) in [7, 11) is 2.12. The summed E-state index contributed by atoms with van der Waals surface area (Å²) in [6, 6.07) is 27.2. The first kappa shape index (κ1) is 16.4. The number of hydrogen-bond donors (Lipinski definition) is 1. The minimum Gasteiger partial charge on any atom is -0.360 e. The maximum absolute atomic E-state index is 5.13. The Bertz CT molecular complexity index is 1000. The predicted octanol–water partition coefficient (Wildman–Crippen LogP) is 4.93. The molecule has 3 aromatic rings. The van der Waals surface area contributed by atoms with Gasteiger partial charge < -0.3 is 15.1 Å². The molecule has 0 spiro atoms. The van der Waals surface area contributed by atoms with Gasteiger partial charge >= 0.3 is 0 Å². The van der Waals surface area contributed by atoms with Crippen molar-refractivity contribution in [2.75, 3.05) is 22.2 Å². The van der Waals surface area contributed by atoms with E-state index in [2.05, 4.69) is 111 Å². The van der Waals surface area contributed by atoms with Crippen molar-refractivity contribution in [3.63, 3.8) is 0 Å². The number of aliphatic imine (C=N–C) groups is 1. The minimum absolute atomic E-state index is 0.00115. The highest BCUT2D eigenvalue weighted by molar-refractivity contribution is 9.10. The van der Waals surface area contributed by atoms with E-state index in [0.717, 1.165) is 27.2 Å². The summed E-state index contributed by atoms with van der Waals surface area (Å²) < 4.78 is 1.07. The molecule has 0 aromatic heterocycles. The lowest BCUT2D eigenvalue weighted by Crippen LogP contribution is -2.53. The largest absolute Gasteiger partial charge is 0.360 e. The van der Waals surface area contributed by atoms with Crippen LogP contribution in [0, 0.1) is 0 Å². The van der Waals surface area contributed by atoms with Crippen molar-refractivity contribution in [2.24, 2.45) is 4.99 Å². The van der Waals surface area contributed by atoms with Gasteiger partial charge in [0.15, 0.2) is 6.17 Å². The van der Waals surface area contributed by atoms with Crippen molar-refractivity contribution in [3.05, 3.63) is 88.9 Å². The van der Waals surface area contributed by atoms with Crippen LogP contribution < -0.4 is 15.1 Å². The average Bonchev–Trinajstić information content (AvgIpc) is 3.09. The third kappa shape index (κ3) is 2.70. The number of hydrogen-bond acceptors (Lipinski definition) is 4. The lowest BCUT2D eigenvalue weighted by Gasteiger charge is -2.40. The van der Waals surface area contributed by atoms with E-state index in [4.69, 9.17) is 4.99 Å². The Morgan fingerprint density at radius 1 is 0.889 bits per heavy atom. The SMILES string of the molecule is CN1c2ccccc2NC2C1N=C(c1ccccc1)N2c1ccc(Br)cc1. The monoisotopic (exact) mass is 418 g/mol. The van der Waals surface area contributed by atoms with E-state index < -0.39 is 0 Å². The Labute approximate surface area is 167 Å². The molecule has 2 atom stereocenters. The fraction of sp³-hybridized carbons (Fsp3) is 0.136. The molecule has 0 fully saturated rings. The van der Waals surface area contributed by atoms with Crippen molar-refractivity contribution in [1.29, 1.82) is 0 Å². The number of fused-ring (bicyclic) bond motifs is 2. The molecule has 0 amide bonds. The number of anilines is 3. The predicted molar refractivity (Wildman–Crippen MR) is 116 cm³/mol. The molecule has 0 aliphatic carbocycles. The van der Waals surface area contributed by atoms with Gasteiger partial charge in [0.05, 0.1) is 11.4 Å². The zero-order valence-corrected chi connectivity index (χ0v) is 16.5. The standard InChI is InChI=1S/C22H19BrN4/c1-26-19-10-6-5-9-18(19)24-22-21(26)25-20(15-7-3-2-4-8-15)27(22)17-13-11-16(23)12-14-17/h2-14,21-22,24H,1H3. The highest BCUT2D eigenvalue weighted by atomic mass is 79.9. The van der Waals surface area contributed by atoms with E-state index in [9.17, 15) is 0 Å². The summed E-state index contributed by atoms with van der Waals surface area (Å²) in [5, 5.41) is 3.71. The number of halogens is 1. The Morgan fingerprint density at radius 3 is 2.37 bits per heavy atom. The highest BCUT2D eigenvalue weighted by Gasteiger charge is 2.43. The first-order chi connectivity index (χ1) is 13.2. The summed E-state index contributed by atoms with van der Waals surface area (Å²) in [5.41, 5.74) is 4.54. The molecule has 134 valence electrons. The van der Waals surface area contributed by atoms with Crippen molar-refractivity contribution in [2.45, 2.75) is 12.3 Å². The number of nitrogens with zero attached hydrogens (tertiary/aromatic N) is 3. The summed E-state index contributed by atoms with van der Waals surface area (Å²) in [5.74, 6) is 0.986. The molecule has 0 saturated carbocycles. The molecule has 2 aliphatic heterocycles. The Balaban J connectivity index is 1.64. The van der Waals surface area contributed by atoms with Gasteiger partial charge in [0.1, 0.15) is 12.0 Å². The molecule has 3 aromatic carbocycles. The van der Waals surface area contributed by atoms with Gasteiger partial charge in [0.25, 0.3) is 0 Å². The average molecular weight is 419 g/mol. The first-order valence-corrected chi connectivity index (χ1v) is 9.78. The number of amidine groups is 1. The van der Waals surface area contributed by atoms with Crippen LogP contribution in [0.3, 0.4) is 0 Å². The maximum atomic E-state index is 5.13. The summed E-state index contributed by atoms with van der Waals surface area (Å²) >= 11 is 3.54.